The first-order chi connectivity index (χ1) is 9.24. The minimum absolute atomic E-state index is 0.0177. The highest BCUT2D eigenvalue weighted by molar-refractivity contribution is 5.94. The average molecular weight is 253 g/mol. The molecule has 0 aromatic heterocycles. The summed E-state index contributed by atoms with van der Waals surface area (Å²) < 4.78 is 5.97. The van der Waals surface area contributed by atoms with Gasteiger partial charge in [-0.25, -0.2) is 0 Å². The van der Waals surface area contributed by atoms with E-state index in [-0.39, 0.29) is 11.9 Å². The van der Waals surface area contributed by atoms with Gasteiger partial charge in [0.25, 0.3) is 0 Å². The Bertz CT molecular complexity index is 607. The summed E-state index contributed by atoms with van der Waals surface area (Å²) in [6.07, 6.45) is -0.0177. The number of fused-ring (bicyclic) bond motifs is 1. The van der Waals surface area contributed by atoms with Crippen molar-refractivity contribution in [2.75, 3.05) is 11.9 Å². The molecule has 0 fully saturated rings. The summed E-state index contributed by atoms with van der Waals surface area (Å²) in [6, 6.07) is 15.5. The molecular weight excluding hydrogens is 238 g/mol. The van der Waals surface area contributed by atoms with E-state index in [0.29, 0.717) is 0 Å². The molecule has 2 aromatic rings. The Hall–Kier alpha value is -2.49. The van der Waals surface area contributed by atoms with Gasteiger partial charge in [-0.3, -0.25) is 5.41 Å². The predicted octanol–water partition coefficient (Wildman–Crippen LogP) is 2.52. The summed E-state index contributed by atoms with van der Waals surface area (Å²) in [6.45, 7) is 0.733. The first-order valence-electron chi connectivity index (χ1n) is 6.18. The fraction of sp³-hybridized carbons (Fsp3) is 0.133. The molecule has 1 aliphatic rings. The maximum absolute atomic E-state index is 7.38. The van der Waals surface area contributed by atoms with Gasteiger partial charge in [-0.15, -0.1) is 0 Å². The van der Waals surface area contributed by atoms with Crippen LogP contribution in [0.4, 0.5) is 5.69 Å². The summed E-state index contributed by atoms with van der Waals surface area (Å²) in [5.41, 5.74) is 8.28. The summed E-state index contributed by atoms with van der Waals surface area (Å²) >= 11 is 0. The Morgan fingerprint density at radius 2 is 1.89 bits per heavy atom. The van der Waals surface area contributed by atoms with Gasteiger partial charge in [-0.05, 0) is 17.7 Å². The van der Waals surface area contributed by atoms with Crippen molar-refractivity contribution in [3.8, 4) is 5.75 Å². The second kappa shape index (κ2) is 4.65. The van der Waals surface area contributed by atoms with Crippen LogP contribution in [0.15, 0.2) is 48.5 Å². The van der Waals surface area contributed by atoms with Crippen molar-refractivity contribution in [1.82, 2.24) is 0 Å². The fourth-order valence-corrected chi connectivity index (χ4v) is 2.18. The van der Waals surface area contributed by atoms with Crippen LogP contribution < -0.4 is 15.8 Å². The number of nitrogens with two attached hydrogens (primary N) is 1. The molecule has 1 heterocycles. The van der Waals surface area contributed by atoms with E-state index in [9.17, 15) is 0 Å². The molecule has 1 unspecified atom stereocenters. The molecule has 0 aliphatic carbocycles. The second-order valence-corrected chi connectivity index (χ2v) is 4.52. The van der Waals surface area contributed by atoms with Gasteiger partial charge in [0.1, 0.15) is 17.7 Å². The van der Waals surface area contributed by atoms with E-state index in [1.807, 2.05) is 48.5 Å². The van der Waals surface area contributed by atoms with Crippen LogP contribution in [0.1, 0.15) is 17.2 Å². The third kappa shape index (κ3) is 2.25. The standard InChI is InChI=1S/C15H15N3O/c16-15(17)11-7-5-10(6-8-11)14-9-18-12-3-1-2-4-13(12)19-14/h1-8,14,18H,9H2,(H3,16,17). The van der Waals surface area contributed by atoms with Gasteiger partial charge in [0, 0.05) is 5.56 Å². The van der Waals surface area contributed by atoms with E-state index in [2.05, 4.69) is 5.32 Å². The van der Waals surface area contributed by atoms with Crippen LogP contribution in [0, 0.1) is 5.41 Å². The van der Waals surface area contributed by atoms with Crippen LogP contribution in [-0.4, -0.2) is 12.4 Å². The van der Waals surface area contributed by atoms with Crippen molar-refractivity contribution in [2.45, 2.75) is 6.10 Å². The predicted molar refractivity (Wildman–Crippen MR) is 75.8 cm³/mol. The maximum Gasteiger partial charge on any atom is 0.143 e. The number of anilines is 1. The summed E-state index contributed by atoms with van der Waals surface area (Å²) in [7, 11) is 0. The third-order valence-corrected chi connectivity index (χ3v) is 3.23. The van der Waals surface area contributed by atoms with Crippen molar-refractivity contribution in [3.63, 3.8) is 0 Å². The second-order valence-electron chi connectivity index (χ2n) is 4.52. The highest BCUT2D eigenvalue weighted by Crippen LogP contribution is 2.33. The minimum Gasteiger partial charge on any atom is -0.482 e. The van der Waals surface area contributed by atoms with Crippen molar-refractivity contribution in [3.05, 3.63) is 59.7 Å². The van der Waals surface area contributed by atoms with E-state index in [0.717, 1.165) is 29.1 Å². The van der Waals surface area contributed by atoms with Crippen molar-refractivity contribution >= 4 is 11.5 Å². The molecular formula is C15H15N3O. The molecule has 96 valence electrons. The third-order valence-electron chi connectivity index (χ3n) is 3.23. The maximum atomic E-state index is 7.38. The zero-order valence-corrected chi connectivity index (χ0v) is 10.4. The average Bonchev–Trinajstić information content (AvgIpc) is 2.47. The zero-order chi connectivity index (χ0) is 13.2. The molecule has 0 radical (unpaired) electrons. The van der Waals surface area contributed by atoms with Crippen molar-refractivity contribution in [1.29, 1.82) is 5.41 Å². The van der Waals surface area contributed by atoms with E-state index in [1.165, 1.54) is 0 Å². The fourth-order valence-electron chi connectivity index (χ4n) is 2.18. The summed E-state index contributed by atoms with van der Waals surface area (Å²) in [5, 5.41) is 10.7. The van der Waals surface area contributed by atoms with Crippen LogP contribution >= 0.6 is 0 Å². The lowest BCUT2D eigenvalue weighted by Crippen LogP contribution is -2.23. The largest absolute Gasteiger partial charge is 0.482 e. The Balaban J connectivity index is 1.83. The Morgan fingerprint density at radius 1 is 1.16 bits per heavy atom. The van der Waals surface area contributed by atoms with E-state index in [1.54, 1.807) is 0 Å². The molecule has 4 N–H and O–H groups in total. The minimum atomic E-state index is -0.0177. The first kappa shape index (κ1) is 11.6. The van der Waals surface area contributed by atoms with Gasteiger partial charge < -0.3 is 15.8 Å². The number of hydrogen-bond donors (Lipinski definition) is 3. The van der Waals surface area contributed by atoms with Crippen LogP contribution in [0.3, 0.4) is 0 Å². The number of rotatable bonds is 2. The van der Waals surface area contributed by atoms with Gasteiger partial charge in [-0.2, -0.15) is 0 Å². The quantitative estimate of drug-likeness (QED) is 0.569. The molecule has 0 saturated heterocycles. The smallest absolute Gasteiger partial charge is 0.143 e. The topological polar surface area (TPSA) is 71.1 Å². The molecule has 0 saturated carbocycles. The molecule has 1 atom stereocenters. The Labute approximate surface area is 111 Å². The molecule has 1 aliphatic heterocycles. The van der Waals surface area contributed by atoms with Crippen molar-refractivity contribution in [2.24, 2.45) is 5.73 Å². The lowest BCUT2D eigenvalue weighted by atomic mass is 10.0. The Kier molecular flexibility index (Phi) is 2.83. The number of hydrogen-bond acceptors (Lipinski definition) is 3. The highest BCUT2D eigenvalue weighted by atomic mass is 16.5. The van der Waals surface area contributed by atoms with Crippen molar-refractivity contribution < 1.29 is 4.74 Å². The number of amidine groups is 1. The first-order valence-corrected chi connectivity index (χ1v) is 6.18. The SMILES string of the molecule is N=C(N)c1ccc(C2CNc3ccccc3O2)cc1. The highest BCUT2D eigenvalue weighted by Gasteiger charge is 2.20. The van der Waals surface area contributed by atoms with Gasteiger partial charge >= 0.3 is 0 Å². The van der Waals surface area contributed by atoms with Crippen LogP contribution in [0.25, 0.3) is 0 Å². The number of benzene rings is 2. The van der Waals surface area contributed by atoms with E-state index in [4.69, 9.17) is 15.9 Å². The lowest BCUT2D eigenvalue weighted by Gasteiger charge is -2.27. The molecule has 19 heavy (non-hydrogen) atoms. The van der Waals surface area contributed by atoms with Gasteiger partial charge in [-0.1, -0.05) is 36.4 Å². The van der Waals surface area contributed by atoms with E-state index < -0.39 is 0 Å². The molecule has 4 heteroatoms. The van der Waals surface area contributed by atoms with Crippen LogP contribution in [0.5, 0.6) is 5.75 Å². The van der Waals surface area contributed by atoms with Crippen LogP contribution in [0.2, 0.25) is 0 Å². The molecule has 0 bridgehead atoms. The summed E-state index contributed by atoms with van der Waals surface area (Å²) in [4.78, 5) is 0. The number of para-hydroxylation sites is 2. The van der Waals surface area contributed by atoms with Crippen LogP contribution in [-0.2, 0) is 0 Å². The van der Waals surface area contributed by atoms with Gasteiger partial charge in [0.15, 0.2) is 0 Å². The molecule has 0 amide bonds. The summed E-state index contributed by atoms with van der Waals surface area (Å²) in [5.74, 6) is 0.953. The zero-order valence-electron chi connectivity index (χ0n) is 10.4. The molecule has 4 nitrogen and oxygen atoms in total. The van der Waals surface area contributed by atoms with E-state index >= 15 is 0 Å². The number of ether oxygens (including phenoxy) is 1. The van der Waals surface area contributed by atoms with Gasteiger partial charge in [0.05, 0.1) is 12.2 Å². The number of nitrogen functional groups attached to an aromatic ring is 1. The molecule has 2 aromatic carbocycles. The Morgan fingerprint density at radius 3 is 2.63 bits per heavy atom. The van der Waals surface area contributed by atoms with Gasteiger partial charge in [0.2, 0.25) is 0 Å². The normalized spacial score (nSPS) is 16.9. The number of nitrogens with one attached hydrogen (secondary N) is 2. The monoisotopic (exact) mass is 253 g/mol. The molecule has 0 spiro atoms. The lowest BCUT2D eigenvalue weighted by molar-refractivity contribution is 0.210. The molecule has 3 rings (SSSR count).